The second-order valence-corrected chi connectivity index (χ2v) is 10.2. The van der Waals surface area contributed by atoms with Gasteiger partial charge in [0.25, 0.3) is 0 Å². The van der Waals surface area contributed by atoms with Crippen molar-refractivity contribution in [2.24, 2.45) is 5.92 Å². The standard InChI is InChI=1S/C31H33N3O3/c35-28(33-18-14-25(15-19-33)21-24-9-3-1-4-10-24)22-31(26-11-5-2-6-12-26)23-29(36)34(30(31)37)20-16-27-13-7-8-17-32-27/h1-13,17,25H,14-16,18-23H2. The molecule has 6 heteroatoms. The van der Waals surface area contributed by atoms with Crippen molar-refractivity contribution in [1.29, 1.82) is 0 Å². The summed E-state index contributed by atoms with van der Waals surface area (Å²) in [5.74, 6) is 0.00662. The zero-order valence-electron chi connectivity index (χ0n) is 21.1. The van der Waals surface area contributed by atoms with Crippen molar-refractivity contribution in [2.45, 2.75) is 43.9 Å². The minimum Gasteiger partial charge on any atom is -0.343 e. The average molecular weight is 496 g/mol. The van der Waals surface area contributed by atoms with E-state index in [9.17, 15) is 14.4 Å². The number of hydrogen-bond acceptors (Lipinski definition) is 4. The highest BCUT2D eigenvalue weighted by Gasteiger charge is 2.54. The molecule has 2 aromatic carbocycles. The molecule has 37 heavy (non-hydrogen) atoms. The van der Waals surface area contributed by atoms with Crippen LogP contribution in [-0.4, -0.2) is 52.1 Å². The van der Waals surface area contributed by atoms with Crippen LogP contribution in [0.25, 0.3) is 0 Å². The predicted octanol–water partition coefficient (Wildman–Crippen LogP) is 4.19. The number of hydrogen-bond donors (Lipinski definition) is 0. The number of amides is 3. The maximum absolute atomic E-state index is 13.8. The summed E-state index contributed by atoms with van der Waals surface area (Å²) >= 11 is 0. The number of nitrogens with zero attached hydrogens (tertiary/aromatic N) is 3. The number of piperidine rings is 1. The highest BCUT2D eigenvalue weighted by molar-refractivity contribution is 6.10. The van der Waals surface area contributed by atoms with Crippen LogP contribution in [0.2, 0.25) is 0 Å². The van der Waals surface area contributed by atoms with Gasteiger partial charge in [-0.3, -0.25) is 24.3 Å². The Morgan fingerprint density at radius 3 is 2.24 bits per heavy atom. The number of rotatable bonds is 8. The fourth-order valence-corrected chi connectivity index (χ4v) is 5.73. The van der Waals surface area contributed by atoms with Crippen LogP contribution in [-0.2, 0) is 32.6 Å². The van der Waals surface area contributed by atoms with Gasteiger partial charge in [0.05, 0.1) is 5.41 Å². The summed E-state index contributed by atoms with van der Waals surface area (Å²) in [6, 6.07) is 25.5. The lowest BCUT2D eigenvalue weighted by Gasteiger charge is -2.35. The third-order valence-corrected chi connectivity index (χ3v) is 7.84. The van der Waals surface area contributed by atoms with Crippen LogP contribution in [0.5, 0.6) is 0 Å². The van der Waals surface area contributed by atoms with E-state index in [1.807, 2.05) is 59.5 Å². The van der Waals surface area contributed by atoms with E-state index in [2.05, 4.69) is 29.2 Å². The lowest BCUT2D eigenvalue weighted by atomic mass is 9.75. The van der Waals surface area contributed by atoms with Crippen molar-refractivity contribution in [3.8, 4) is 0 Å². The van der Waals surface area contributed by atoms with Crippen LogP contribution < -0.4 is 0 Å². The third-order valence-electron chi connectivity index (χ3n) is 7.84. The van der Waals surface area contributed by atoms with Crippen LogP contribution in [0.15, 0.2) is 85.1 Å². The number of likely N-dealkylation sites (tertiary alicyclic amines) is 2. The molecule has 2 fully saturated rings. The molecule has 2 aliphatic rings. The van der Waals surface area contributed by atoms with Gasteiger partial charge < -0.3 is 4.90 Å². The first-order valence-electron chi connectivity index (χ1n) is 13.2. The first-order chi connectivity index (χ1) is 18.0. The molecule has 3 heterocycles. The number of aromatic nitrogens is 1. The Bertz CT molecular complexity index is 1220. The molecule has 6 nitrogen and oxygen atoms in total. The maximum Gasteiger partial charge on any atom is 0.240 e. The van der Waals surface area contributed by atoms with Gasteiger partial charge in [0.15, 0.2) is 0 Å². The predicted molar refractivity (Wildman–Crippen MR) is 141 cm³/mol. The molecule has 1 atom stereocenters. The summed E-state index contributed by atoms with van der Waals surface area (Å²) in [5, 5.41) is 0. The monoisotopic (exact) mass is 495 g/mol. The quantitative estimate of drug-likeness (QED) is 0.440. The minimum atomic E-state index is -1.15. The number of carbonyl (C=O) groups excluding carboxylic acids is 3. The van der Waals surface area contributed by atoms with E-state index in [1.54, 1.807) is 6.20 Å². The second-order valence-electron chi connectivity index (χ2n) is 10.2. The van der Waals surface area contributed by atoms with E-state index < -0.39 is 5.41 Å². The Morgan fingerprint density at radius 1 is 0.892 bits per heavy atom. The Morgan fingerprint density at radius 2 is 1.57 bits per heavy atom. The lowest BCUT2D eigenvalue weighted by Crippen LogP contribution is -2.46. The van der Waals surface area contributed by atoms with Crippen LogP contribution in [0, 0.1) is 5.92 Å². The van der Waals surface area contributed by atoms with Crippen molar-refractivity contribution >= 4 is 17.7 Å². The van der Waals surface area contributed by atoms with Gasteiger partial charge >= 0.3 is 0 Å². The number of imide groups is 1. The molecule has 2 aliphatic heterocycles. The zero-order chi connectivity index (χ0) is 25.7. The van der Waals surface area contributed by atoms with Gasteiger partial charge in [-0.05, 0) is 48.4 Å². The van der Waals surface area contributed by atoms with E-state index in [0.717, 1.165) is 30.5 Å². The molecule has 2 saturated heterocycles. The maximum atomic E-state index is 13.8. The van der Waals surface area contributed by atoms with E-state index >= 15 is 0 Å². The Hall–Kier alpha value is -3.80. The van der Waals surface area contributed by atoms with Gasteiger partial charge in [0, 0.05) is 50.8 Å². The molecule has 0 bridgehead atoms. The van der Waals surface area contributed by atoms with E-state index in [0.29, 0.717) is 25.4 Å². The summed E-state index contributed by atoms with van der Waals surface area (Å²) in [7, 11) is 0. The molecular weight excluding hydrogens is 462 g/mol. The summed E-state index contributed by atoms with van der Waals surface area (Å²) in [4.78, 5) is 48.1. The fourth-order valence-electron chi connectivity index (χ4n) is 5.73. The topological polar surface area (TPSA) is 70.6 Å². The minimum absolute atomic E-state index is 0.0189. The van der Waals surface area contributed by atoms with Gasteiger partial charge in [-0.25, -0.2) is 0 Å². The molecule has 0 N–H and O–H groups in total. The van der Waals surface area contributed by atoms with Gasteiger partial charge in [-0.15, -0.1) is 0 Å². The summed E-state index contributed by atoms with van der Waals surface area (Å²) in [5.41, 5.74) is 1.74. The van der Waals surface area contributed by atoms with E-state index in [1.165, 1.54) is 10.5 Å². The van der Waals surface area contributed by atoms with Crippen molar-refractivity contribution in [3.63, 3.8) is 0 Å². The van der Waals surface area contributed by atoms with E-state index in [4.69, 9.17) is 0 Å². The Kier molecular flexibility index (Phi) is 7.45. The Balaban J connectivity index is 1.28. The first kappa shape index (κ1) is 24.9. The molecular formula is C31H33N3O3. The molecule has 1 unspecified atom stereocenters. The smallest absolute Gasteiger partial charge is 0.240 e. The Labute approximate surface area is 218 Å². The molecule has 0 radical (unpaired) electrons. The van der Waals surface area contributed by atoms with Crippen LogP contribution in [0.3, 0.4) is 0 Å². The molecule has 3 aromatic rings. The fraction of sp³-hybridized carbons (Fsp3) is 0.355. The molecule has 0 aliphatic carbocycles. The highest BCUT2D eigenvalue weighted by atomic mass is 16.2. The van der Waals surface area contributed by atoms with Crippen molar-refractivity contribution < 1.29 is 14.4 Å². The SMILES string of the molecule is O=C(CC1(c2ccccc2)CC(=O)N(CCc2ccccn2)C1=O)N1CCC(Cc2ccccc2)CC1. The summed E-state index contributed by atoms with van der Waals surface area (Å²) < 4.78 is 0. The van der Waals surface area contributed by atoms with Gasteiger partial charge in [-0.2, -0.15) is 0 Å². The average Bonchev–Trinajstić information content (AvgIpc) is 3.18. The first-order valence-corrected chi connectivity index (χ1v) is 13.2. The highest BCUT2D eigenvalue weighted by Crippen LogP contribution is 2.40. The van der Waals surface area contributed by atoms with Gasteiger partial charge in [0.2, 0.25) is 17.7 Å². The number of pyridine rings is 1. The summed E-state index contributed by atoms with van der Waals surface area (Å²) in [6.07, 6.45) is 5.16. The molecule has 5 rings (SSSR count). The van der Waals surface area contributed by atoms with Gasteiger partial charge in [-0.1, -0.05) is 66.7 Å². The number of benzene rings is 2. The molecule has 1 aromatic heterocycles. The second kappa shape index (κ2) is 11.1. The lowest BCUT2D eigenvalue weighted by molar-refractivity contribution is -0.143. The van der Waals surface area contributed by atoms with Crippen LogP contribution >= 0.6 is 0 Å². The third kappa shape index (κ3) is 5.48. The number of carbonyl (C=O) groups is 3. The summed E-state index contributed by atoms with van der Waals surface area (Å²) in [6.45, 7) is 1.64. The van der Waals surface area contributed by atoms with Crippen molar-refractivity contribution in [2.75, 3.05) is 19.6 Å². The normalized spacial score (nSPS) is 20.4. The van der Waals surface area contributed by atoms with Crippen LogP contribution in [0.4, 0.5) is 0 Å². The van der Waals surface area contributed by atoms with Gasteiger partial charge in [0.1, 0.15) is 0 Å². The molecule has 0 saturated carbocycles. The zero-order valence-corrected chi connectivity index (χ0v) is 21.1. The largest absolute Gasteiger partial charge is 0.343 e. The van der Waals surface area contributed by atoms with Crippen molar-refractivity contribution in [3.05, 3.63) is 102 Å². The van der Waals surface area contributed by atoms with Crippen LogP contribution in [0.1, 0.15) is 42.5 Å². The molecule has 0 spiro atoms. The van der Waals surface area contributed by atoms with E-state index in [-0.39, 0.29) is 37.1 Å². The molecule has 3 amide bonds. The molecule has 190 valence electrons. The van der Waals surface area contributed by atoms with Crippen molar-refractivity contribution in [1.82, 2.24) is 14.8 Å².